The van der Waals surface area contributed by atoms with Crippen molar-refractivity contribution < 1.29 is 28.5 Å². The van der Waals surface area contributed by atoms with E-state index in [1.165, 1.54) is 52.7 Å². The van der Waals surface area contributed by atoms with Crippen LogP contribution in [0.3, 0.4) is 0 Å². The Kier molecular flexibility index (Phi) is 24.6. The Morgan fingerprint density at radius 1 is 0.629 bits per heavy atom. The van der Waals surface area contributed by atoms with Crippen LogP contribution in [0.25, 0.3) is 0 Å². The van der Waals surface area contributed by atoms with E-state index in [0.717, 1.165) is 51.6 Å². The summed E-state index contributed by atoms with van der Waals surface area (Å²) in [6.45, 7) is 2.81. The first-order chi connectivity index (χ1) is 17.0. The van der Waals surface area contributed by atoms with E-state index in [1.807, 2.05) is 0 Å². The van der Waals surface area contributed by atoms with Crippen LogP contribution in [0.5, 0.6) is 0 Å². The van der Waals surface area contributed by atoms with E-state index < -0.39 is 0 Å². The van der Waals surface area contributed by atoms with E-state index in [2.05, 4.69) is 40.6 Å². The minimum atomic E-state index is -0.158. The van der Waals surface area contributed by atoms with Gasteiger partial charge in [-0.3, -0.25) is 9.59 Å². The molecule has 0 aliphatic carbocycles. The highest BCUT2D eigenvalue weighted by atomic mass is 16.5. The highest BCUT2D eigenvalue weighted by Crippen LogP contribution is 2.09. The SMILES string of the molecule is COC(=O)CCCCC/C=C/CCCCCCCCOCC(COCCCCC(=O)OC)N(C)C. The smallest absolute Gasteiger partial charge is 0.305 e. The Morgan fingerprint density at radius 3 is 1.51 bits per heavy atom. The maximum absolute atomic E-state index is 11.1. The summed E-state index contributed by atoms with van der Waals surface area (Å²) in [6, 6.07) is 0.253. The average Bonchev–Trinajstić information content (AvgIpc) is 2.85. The molecule has 7 nitrogen and oxygen atoms in total. The summed E-state index contributed by atoms with van der Waals surface area (Å²) in [7, 11) is 6.97. The molecule has 0 aromatic heterocycles. The van der Waals surface area contributed by atoms with Crippen molar-refractivity contribution in [1.82, 2.24) is 4.90 Å². The number of allylic oxidation sites excluding steroid dienone is 2. The van der Waals surface area contributed by atoms with Crippen LogP contribution in [0.1, 0.15) is 96.3 Å². The van der Waals surface area contributed by atoms with E-state index >= 15 is 0 Å². The third kappa shape index (κ3) is 24.0. The van der Waals surface area contributed by atoms with Gasteiger partial charge in [-0.25, -0.2) is 0 Å². The lowest BCUT2D eigenvalue weighted by atomic mass is 10.1. The Balaban J connectivity index is 3.46. The highest BCUT2D eigenvalue weighted by molar-refractivity contribution is 5.69. The molecule has 0 spiro atoms. The number of methoxy groups -OCH3 is 2. The van der Waals surface area contributed by atoms with E-state index in [4.69, 9.17) is 9.47 Å². The first kappa shape index (κ1) is 33.6. The zero-order valence-electron chi connectivity index (χ0n) is 23.1. The summed E-state index contributed by atoms with van der Waals surface area (Å²) in [6.07, 6.45) is 20.2. The lowest BCUT2D eigenvalue weighted by Crippen LogP contribution is -2.37. The van der Waals surface area contributed by atoms with Gasteiger partial charge in [0.15, 0.2) is 0 Å². The van der Waals surface area contributed by atoms with Gasteiger partial charge < -0.3 is 23.8 Å². The number of unbranched alkanes of at least 4 members (excludes halogenated alkanes) is 10. The highest BCUT2D eigenvalue weighted by Gasteiger charge is 2.12. The Labute approximate surface area is 214 Å². The monoisotopic (exact) mass is 499 g/mol. The normalized spacial score (nSPS) is 12.4. The molecule has 0 fully saturated rings. The molecule has 35 heavy (non-hydrogen) atoms. The second-order valence-corrected chi connectivity index (χ2v) is 9.36. The lowest BCUT2D eigenvalue weighted by Gasteiger charge is -2.24. The van der Waals surface area contributed by atoms with E-state index in [0.29, 0.717) is 32.7 Å². The molecule has 206 valence electrons. The van der Waals surface area contributed by atoms with Gasteiger partial charge in [0, 0.05) is 26.1 Å². The maximum Gasteiger partial charge on any atom is 0.305 e. The number of hydrogen-bond acceptors (Lipinski definition) is 7. The largest absolute Gasteiger partial charge is 0.469 e. The van der Waals surface area contributed by atoms with Crippen LogP contribution in [-0.2, 0) is 28.5 Å². The number of ether oxygens (including phenoxy) is 4. The topological polar surface area (TPSA) is 74.3 Å². The van der Waals surface area contributed by atoms with Crippen molar-refractivity contribution in [1.29, 1.82) is 0 Å². The van der Waals surface area contributed by atoms with Crippen molar-refractivity contribution in [2.24, 2.45) is 0 Å². The van der Waals surface area contributed by atoms with Gasteiger partial charge in [0.05, 0.1) is 33.5 Å². The van der Waals surface area contributed by atoms with Crippen LogP contribution in [0.15, 0.2) is 12.2 Å². The molecule has 0 aromatic rings. The van der Waals surface area contributed by atoms with Crippen molar-refractivity contribution in [3.8, 4) is 0 Å². The Hall–Kier alpha value is -1.44. The summed E-state index contributed by atoms with van der Waals surface area (Å²) in [5.41, 5.74) is 0. The van der Waals surface area contributed by atoms with Crippen LogP contribution in [0.4, 0.5) is 0 Å². The third-order valence-corrected chi connectivity index (χ3v) is 6.05. The fourth-order valence-electron chi connectivity index (χ4n) is 3.58. The molecule has 0 saturated carbocycles. The zero-order valence-corrected chi connectivity index (χ0v) is 23.1. The van der Waals surface area contributed by atoms with Gasteiger partial charge in [0.25, 0.3) is 0 Å². The summed E-state index contributed by atoms with van der Waals surface area (Å²) in [5, 5.41) is 0. The van der Waals surface area contributed by atoms with Crippen LogP contribution < -0.4 is 0 Å². The standard InChI is InChI=1S/C28H53NO6/c1-29(2)26(25-35-23-19-17-21-28(31)33-4)24-34-22-18-15-13-11-9-7-5-6-8-10-12-14-16-20-27(30)32-3/h6,8,26H,5,7,9-25H2,1-4H3/b8-6+. The maximum atomic E-state index is 11.1. The minimum absolute atomic E-state index is 0.103. The van der Waals surface area contributed by atoms with Gasteiger partial charge >= 0.3 is 11.9 Å². The molecule has 0 N–H and O–H groups in total. The molecule has 0 radical (unpaired) electrons. The molecule has 0 heterocycles. The van der Waals surface area contributed by atoms with Crippen molar-refractivity contribution in [3.05, 3.63) is 12.2 Å². The third-order valence-electron chi connectivity index (χ3n) is 6.05. The van der Waals surface area contributed by atoms with Crippen molar-refractivity contribution >= 4 is 11.9 Å². The molecular weight excluding hydrogens is 446 g/mol. The average molecular weight is 500 g/mol. The van der Waals surface area contributed by atoms with Crippen molar-refractivity contribution in [3.63, 3.8) is 0 Å². The van der Waals surface area contributed by atoms with Crippen LogP contribution in [-0.4, -0.2) is 77.6 Å². The molecule has 0 amide bonds. The molecule has 0 aliphatic rings. The van der Waals surface area contributed by atoms with Crippen LogP contribution >= 0.6 is 0 Å². The van der Waals surface area contributed by atoms with Gasteiger partial charge in [-0.1, -0.05) is 44.3 Å². The molecule has 0 saturated heterocycles. The molecule has 1 atom stereocenters. The van der Waals surface area contributed by atoms with E-state index in [-0.39, 0.29) is 18.0 Å². The van der Waals surface area contributed by atoms with Crippen LogP contribution in [0, 0.1) is 0 Å². The predicted octanol–water partition coefficient (Wildman–Crippen LogP) is 5.70. The fourth-order valence-corrected chi connectivity index (χ4v) is 3.58. The summed E-state index contributed by atoms with van der Waals surface area (Å²) in [5.74, 6) is -0.260. The number of rotatable bonds is 25. The lowest BCUT2D eigenvalue weighted by molar-refractivity contribution is -0.141. The number of nitrogens with zero attached hydrogens (tertiary/aromatic N) is 1. The molecule has 0 rings (SSSR count). The molecule has 1 unspecified atom stereocenters. The number of esters is 2. The molecule has 0 bridgehead atoms. The first-order valence-electron chi connectivity index (χ1n) is 13.6. The van der Waals surface area contributed by atoms with Gasteiger partial charge in [0.1, 0.15) is 0 Å². The first-order valence-corrected chi connectivity index (χ1v) is 13.6. The number of carbonyl (C=O) groups is 2. The molecule has 0 aliphatic heterocycles. The van der Waals surface area contributed by atoms with Crippen molar-refractivity contribution in [2.75, 3.05) is 54.7 Å². The van der Waals surface area contributed by atoms with Gasteiger partial charge in [0.2, 0.25) is 0 Å². The second-order valence-electron chi connectivity index (χ2n) is 9.36. The molecular formula is C28H53NO6. The predicted molar refractivity (Wildman–Crippen MR) is 142 cm³/mol. The fraction of sp³-hybridized carbons (Fsp3) is 0.857. The van der Waals surface area contributed by atoms with E-state index in [9.17, 15) is 9.59 Å². The molecule has 7 heteroatoms. The zero-order chi connectivity index (χ0) is 26.0. The van der Waals surface area contributed by atoms with Gasteiger partial charge in [-0.15, -0.1) is 0 Å². The molecule has 0 aromatic carbocycles. The second kappa shape index (κ2) is 25.6. The summed E-state index contributed by atoms with van der Waals surface area (Å²) < 4.78 is 20.9. The summed E-state index contributed by atoms with van der Waals surface area (Å²) in [4.78, 5) is 24.3. The summed E-state index contributed by atoms with van der Waals surface area (Å²) >= 11 is 0. The van der Waals surface area contributed by atoms with Gasteiger partial charge in [-0.05, 0) is 65.5 Å². The van der Waals surface area contributed by atoms with Crippen molar-refractivity contribution in [2.45, 2.75) is 102 Å². The quantitative estimate of drug-likeness (QED) is 0.0905. The number of likely N-dealkylation sites (N-methyl/N-ethyl adjacent to an activating group) is 1. The minimum Gasteiger partial charge on any atom is -0.469 e. The Bertz CT molecular complexity index is 524. The number of hydrogen-bond donors (Lipinski definition) is 0. The van der Waals surface area contributed by atoms with Gasteiger partial charge in [-0.2, -0.15) is 0 Å². The number of carbonyl (C=O) groups excluding carboxylic acids is 2. The van der Waals surface area contributed by atoms with Crippen LogP contribution in [0.2, 0.25) is 0 Å². The Morgan fingerprint density at radius 2 is 1.03 bits per heavy atom. The van der Waals surface area contributed by atoms with E-state index in [1.54, 1.807) is 0 Å².